The standard InChI is InChI=1S/3C8H16O2.Al.V.3H/c3*1-3-5-6-7(4-2)8(9)10;;;;;/h3*7H,3-6H2,1-2H3,(H,9,10);;;;;/q;;;;+3;;;/p-3. The summed E-state index contributed by atoms with van der Waals surface area (Å²) in [4.78, 5) is 31.0. The third-order valence-corrected chi connectivity index (χ3v) is 5.20. The normalized spacial score (nSPS) is 12.2. The second-order valence-electron chi connectivity index (χ2n) is 7.70. The molecule has 6 nitrogen and oxygen atoms in total. The summed E-state index contributed by atoms with van der Waals surface area (Å²) in [5.74, 6) is -3.34. The molecule has 0 saturated heterocycles. The summed E-state index contributed by atoms with van der Waals surface area (Å²) in [6.07, 6.45) is 10.6. The zero-order valence-corrected chi connectivity index (χ0v) is 22.0. The van der Waals surface area contributed by atoms with Crippen LogP contribution >= 0.6 is 0 Å². The molecule has 0 fully saturated rings. The topological polar surface area (TPSA) is 120 Å². The quantitative estimate of drug-likeness (QED) is 0.309. The number of carboxylic acid groups (broad SMARTS) is 3. The van der Waals surface area contributed by atoms with Gasteiger partial charge in [-0.2, -0.15) is 0 Å². The molecule has 0 aliphatic heterocycles. The summed E-state index contributed by atoms with van der Waals surface area (Å²) in [5, 5.41) is 31.0. The van der Waals surface area contributed by atoms with Gasteiger partial charge in [0.1, 0.15) is 0 Å². The van der Waals surface area contributed by atoms with Crippen molar-refractivity contribution in [2.75, 3.05) is 0 Å². The largest absolute Gasteiger partial charge is 3.00 e. The molecule has 0 aliphatic carbocycles. The van der Waals surface area contributed by atoms with Gasteiger partial charge < -0.3 is 29.7 Å². The van der Waals surface area contributed by atoms with Crippen molar-refractivity contribution in [2.45, 2.75) is 119 Å². The summed E-state index contributed by atoms with van der Waals surface area (Å²) in [7, 11) is 0. The average Bonchev–Trinajstić information content (AvgIpc) is 2.70. The first-order chi connectivity index (χ1) is 14.2. The molecule has 3 atom stereocenters. The van der Waals surface area contributed by atoms with Crippen LogP contribution < -0.4 is 15.3 Å². The van der Waals surface area contributed by atoms with Crippen LogP contribution in [0.2, 0.25) is 0 Å². The van der Waals surface area contributed by atoms with Gasteiger partial charge in [-0.05, 0) is 56.3 Å². The first-order valence-corrected chi connectivity index (χ1v) is 11.8. The van der Waals surface area contributed by atoms with Gasteiger partial charge in [-0.25, -0.2) is 0 Å². The van der Waals surface area contributed by atoms with Crippen LogP contribution in [0.4, 0.5) is 0 Å². The molecule has 3 unspecified atom stereocenters. The Bertz CT molecular complexity index is 373. The van der Waals surface area contributed by atoms with Gasteiger partial charge in [-0.3, -0.25) is 0 Å². The zero-order chi connectivity index (χ0) is 23.9. The van der Waals surface area contributed by atoms with Crippen LogP contribution in [-0.2, 0) is 32.9 Å². The van der Waals surface area contributed by atoms with Gasteiger partial charge in [0.25, 0.3) is 0 Å². The van der Waals surface area contributed by atoms with Crippen molar-refractivity contribution in [3.8, 4) is 0 Å². The molecule has 8 heteroatoms. The first kappa shape index (κ1) is 41.8. The van der Waals surface area contributed by atoms with E-state index < -0.39 is 17.9 Å². The van der Waals surface area contributed by atoms with Crippen LogP contribution in [0.3, 0.4) is 0 Å². The minimum absolute atomic E-state index is 0. The Morgan fingerprint density at radius 3 is 0.812 bits per heavy atom. The number of aliphatic carboxylic acids is 3. The van der Waals surface area contributed by atoms with Gasteiger partial charge in [-0.1, -0.05) is 80.1 Å². The summed E-state index contributed by atoms with van der Waals surface area (Å²) in [6, 6.07) is 0. The predicted molar refractivity (Wildman–Crippen MR) is 125 cm³/mol. The number of rotatable bonds is 15. The Kier molecular flexibility index (Phi) is 39.8. The number of carbonyl (C=O) groups is 3. The molecule has 0 saturated carbocycles. The first-order valence-electron chi connectivity index (χ1n) is 11.8. The van der Waals surface area contributed by atoms with Crippen LogP contribution in [-0.4, -0.2) is 35.3 Å². The molecule has 188 valence electrons. The SMILES string of the molecule is CCCCC(CC)C(=O)[O-].CCCCC(CC)C(=O)[O-].CCCCC(CC)C(=O)[O-].[AlH3].[V+3]. The molecule has 0 aliphatic rings. The summed E-state index contributed by atoms with van der Waals surface area (Å²) in [5.41, 5.74) is 0. The molecular weight excluding hydrogens is 462 g/mol. The van der Waals surface area contributed by atoms with Crippen LogP contribution in [0.15, 0.2) is 0 Å². The van der Waals surface area contributed by atoms with Crippen LogP contribution in [0, 0.1) is 17.8 Å². The molecule has 0 radical (unpaired) electrons. The zero-order valence-electron chi connectivity index (χ0n) is 20.6. The second kappa shape index (κ2) is 30.5. The molecule has 0 aromatic rings. The third kappa shape index (κ3) is 27.6. The van der Waals surface area contributed by atoms with Crippen molar-refractivity contribution >= 4 is 35.3 Å². The van der Waals surface area contributed by atoms with E-state index >= 15 is 0 Å². The maximum absolute atomic E-state index is 10.3. The van der Waals surface area contributed by atoms with Crippen molar-refractivity contribution in [1.29, 1.82) is 0 Å². The molecule has 0 N–H and O–H groups in total. The molecule has 0 aromatic carbocycles. The van der Waals surface area contributed by atoms with E-state index in [1.165, 1.54) is 0 Å². The summed E-state index contributed by atoms with van der Waals surface area (Å²) >= 11 is 0. The van der Waals surface area contributed by atoms with Gasteiger partial charge in [-0.15, -0.1) is 0 Å². The van der Waals surface area contributed by atoms with E-state index in [2.05, 4.69) is 20.8 Å². The Hall–Kier alpha value is -0.473. The molecule has 32 heavy (non-hydrogen) atoms. The average molecular weight is 511 g/mol. The number of carbonyl (C=O) groups excluding carboxylic acids is 3. The van der Waals surface area contributed by atoms with E-state index in [4.69, 9.17) is 0 Å². The maximum Gasteiger partial charge on any atom is 3.00 e. The fourth-order valence-electron chi connectivity index (χ4n) is 2.82. The minimum Gasteiger partial charge on any atom is -0.550 e. The van der Waals surface area contributed by atoms with Crippen LogP contribution in [0.5, 0.6) is 0 Å². The third-order valence-electron chi connectivity index (χ3n) is 5.20. The van der Waals surface area contributed by atoms with E-state index in [0.717, 1.165) is 57.8 Å². The van der Waals surface area contributed by atoms with E-state index in [9.17, 15) is 29.7 Å². The number of unbranched alkanes of at least 4 members (excludes halogenated alkanes) is 3. The summed E-state index contributed by atoms with van der Waals surface area (Å²) < 4.78 is 0. The van der Waals surface area contributed by atoms with Crippen LogP contribution in [0.1, 0.15) is 119 Å². The van der Waals surface area contributed by atoms with Crippen molar-refractivity contribution in [1.82, 2.24) is 0 Å². The van der Waals surface area contributed by atoms with Crippen molar-refractivity contribution < 1.29 is 48.3 Å². The molecule has 0 rings (SSSR count). The van der Waals surface area contributed by atoms with Crippen molar-refractivity contribution in [3.05, 3.63) is 0 Å². The number of carboxylic acids is 3. The molecule has 0 heterocycles. The Morgan fingerprint density at radius 2 is 0.719 bits per heavy atom. The maximum atomic E-state index is 10.3. The van der Waals surface area contributed by atoms with Crippen LogP contribution in [0.25, 0.3) is 0 Å². The van der Waals surface area contributed by atoms with Crippen molar-refractivity contribution in [2.24, 2.45) is 17.8 Å². The Balaban J connectivity index is -0.000000110. The number of hydrogen-bond donors (Lipinski definition) is 0. The molecule has 0 spiro atoms. The Labute approximate surface area is 219 Å². The number of hydrogen-bond acceptors (Lipinski definition) is 6. The fraction of sp³-hybridized carbons (Fsp3) is 0.875. The van der Waals surface area contributed by atoms with E-state index in [1.54, 1.807) is 0 Å². The van der Waals surface area contributed by atoms with E-state index in [0.29, 0.717) is 19.3 Å². The second-order valence-corrected chi connectivity index (χ2v) is 7.70. The monoisotopic (exact) mass is 510 g/mol. The fourth-order valence-corrected chi connectivity index (χ4v) is 2.82. The molecule has 0 bridgehead atoms. The molecular formula is C24H48AlO6V. The van der Waals surface area contributed by atoms with Gasteiger partial charge in [0, 0.05) is 17.9 Å². The minimum atomic E-state index is -0.893. The smallest absolute Gasteiger partial charge is 0.550 e. The van der Waals surface area contributed by atoms with Gasteiger partial charge in [0.2, 0.25) is 0 Å². The summed E-state index contributed by atoms with van der Waals surface area (Å²) in [6.45, 7) is 11.8. The van der Waals surface area contributed by atoms with Crippen molar-refractivity contribution in [3.63, 3.8) is 0 Å². The van der Waals surface area contributed by atoms with E-state index in [-0.39, 0.29) is 53.7 Å². The van der Waals surface area contributed by atoms with Gasteiger partial charge >= 0.3 is 18.6 Å². The Morgan fingerprint density at radius 1 is 0.531 bits per heavy atom. The predicted octanol–water partition coefficient (Wildman–Crippen LogP) is 1.67. The molecule has 0 amide bonds. The molecule has 0 aromatic heterocycles. The van der Waals surface area contributed by atoms with Gasteiger partial charge in [0.15, 0.2) is 17.4 Å². The van der Waals surface area contributed by atoms with E-state index in [1.807, 2.05) is 20.8 Å². The van der Waals surface area contributed by atoms with Gasteiger partial charge in [0.05, 0.1) is 0 Å².